The zero-order valence-corrected chi connectivity index (χ0v) is 9.35. The maximum absolute atomic E-state index is 12.0. The van der Waals surface area contributed by atoms with Crippen molar-refractivity contribution in [3.8, 4) is 0 Å². The molecule has 0 aromatic carbocycles. The summed E-state index contributed by atoms with van der Waals surface area (Å²) in [5.41, 5.74) is 14.6. The number of rotatable bonds is 5. The molecule has 17 heavy (non-hydrogen) atoms. The number of carbonyl (C=O) groups excluding carboxylic acids is 3. The van der Waals surface area contributed by atoms with Crippen molar-refractivity contribution in [2.75, 3.05) is 26.3 Å². The molecule has 0 aromatic heterocycles. The van der Waals surface area contributed by atoms with Crippen LogP contribution in [0.2, 0.25) is 0 Å². The smallest absolute Gasteiger partial charge is 0.246 e. The number of amides is 3. The number of ether oxygens (including phenoxy) is 1. The first-order valence-electron chi connectivity index (χ1n) is 5.08. The van der Waals surface area contributed by atoms with E-state index in [4.69, 9.17) is 21.9 Å². The second kappa shape index (κ2) is 5.11. The Labute approximate surface area is 98.0 Å². The van der Waals surface area contributed by atoms with Gasteiger partial charge in [-0.15, -0.1) is 0 Å². The van der Waals surface area contributed by atoms with Crippen LogP contribution in [0.25, 0.3) is 0 Å². The van der Waals surface area contributed by atoms with E-state index in [9.17, 15) is 14.4 Å². The average Bonchev–Trinajstić information content (AvgIpc) is 2.63. The molecule has 0 spiro atoms. The third kappa shape index (κ3) is 3.40. The van der Waals surface area contributed by atoms with E-state index >= 15 is 0 Å². The van der Waals surface area contributed by atoms with Crippen molar-refractivity contribution in [3.63, 3.8) is 0 Å². The Kier molecular flexibility index (Phi) is 4.02. The fraction of sp³-hybridized carbons (Fsp3) is 0.667. The molecule has 8 heteroatoms. The third-order valence-electron chi connectivity index (χ3n) is 2.46. The minimum atomic E-state index is -1.20. The molecule has 1 atom stereocenters. The molecule has 1 aliphatic heterocycles. The minimum absolute atomic E-state index is 0.0554. The molecule has 1 aliphatic rings. The molecule has 96 valence electrons. The summed E-state index contributed by atoms with van der Waals surface area (Å²) in [7, 11) is 0. The lowest BCUT2D eigenvalue weighted by molar-refractivity contribution is -0.142. The fourth-order valence-electron chi connectivity index (χ4n) is 1.64. The molecule has 0 bridgehead atoms. The normalized spacial score (nSPS) is 23.4. The molecule has 6 N–H and O–H groups in total. The zero-order chi connectivity index (χ0) is 13.1. The molecule has 1 rings (SSSR count). The molecule has 3 amide bonds. The third-order valence-corrected chi connectivity index (χ3v) is 2.46. The van der Waals surface area contributed by atoms with Crippen molar-refractivity contribution < 1.29 is 19.1 Å². The van der Waals surface area contributed by atoms with Crippen LogP contribution < -0.4 is 17.2 Å². The van der Waals surface area contributed by atoms with Gasteiger partial charge in [0.2, 0.25) is 17.7 Å². The van der Waals surface area contributed by atoms with Crippen LogP contribution in [-0.4, -0.2) is 54.5 Å². The SMILES string of the molecule is NC(=O)CN(CC(N)=O)C(=O)C1(N)CCOC1. The highest BCUT2D eigenvalue weighted by molar-refractivity contribution is 5.93. The van der Waals surface area contributed by atoms with Crippen molar-refractivity contribution in [1.82, 2.24) is 4.90 Å². The lowest BCUT2D eigenvalue weighted by Crippen LogP contribution is -2.58. The lowest BCUT2D eigenvalue weighted by Gasteiger charge is -2.28. The molecule has 1 fully saturated rings. The quantitative estimate of drug-likeness (QED) is 0.469. The highest BCUT2D eigenvalue weighted by atomic mass is 16.5. The Hall–Kier alpha value is -1.67. The Bertz CT molecular complexity index is 322. The van der Waals surface area contributed by atoms with Crippen molar-refractivity contribution in [2.24, 2.45) is 17.2 Å². The standard InChI is InChI=1S/C9H16N4O4/c10-6(14)3-13(4-7(11)15)8(16)9(12)1-2-17-5-9/h1-5,12H2,(H2,10,14)(H2,11,15). The van der Waals surface area contributed by atoms with Gasteiger partial charge in [-0.3, -0.25) is 14.4 Å². The molecule has 0 saturated carbocycles. The number of nitrogens with zero attached hydrogens (tertiary/aromatic N) is 1. The van der Waals surface area contributed by atoms with Gasteiger partial charge in [-0.2, -0.15) is 0 Å². The highest BCUT2D eigenvalue weighted by Crippen LogP contribution is 2.18. The van der Waals surface area contributed by atoms with E-state index < -0.39 is 23.3 Å². The Morgan fingerprint density at radius 2 is 1.71 bits per heavy atom. The summed E-state index contributed by atoms with van der Waals surface area (Å²) in [6.45, 7) is -0.357. The maximum Gasteiger partial charge on any atom is 0.246 e. The molecule has 0 aromatic rings. The van der Waals surface area contributed by atoms with Crippen molar-refractivity contribution in [1.29, 1.82) is 0 Å². The van der Waals surface area contributed by atoms with Gasteiger partial charge in [0, 0.05) is 6.61 Å². The van der Waals surface area contributed by atoms with Crippen molar-refractivity contribution in [2.45, 2.75) is 12.0 Å². The molecular weight excluding hydrogens is 228 g/mol. The number of carbonyl (C=O) groups is 3. The summed E-state index contributed by atoms with van der Waals surface area (Å²) >= 11 is 0. The number of hydrogen-bond acceptors (Lipinski definition) is 5. The summed E-state index contributed by atoms with van der Waals surface area (Å²) < 4.78 is 5.04. The molecule has 1 heterocycles. The predicted octanol–water partition coefficient (Wildman–Crippen LogP) is -3.10. The van der Waals surface area contributed by atoms with Gasteiger partial charge in [-0.05, 0) is 6.42 Å². The van der Waals surface area contributed by atoms with Crippen molar-refractivity contribution >= 4 is 17.7 Å². The summed E-state index contributed by atoms with van der Waals surface area (Å²) in [5, 5.41) is 0. The van der Waals surface area contributed by atoms with E-state index in [0.29, 0.717) is 13.0 Å². The summed E-state index contributed by atoms with van der Waals surface area (Å²) in [4.78, 5) is 34.6. The Morgan fingerprint density at radius 3 is 2.06 bits per heavy atom. The van der Waals surface area contributed by atoms with E-state index in [0.717, 1.165) is 4.90 Å². The van der Waals surface area contributed by atoms with Crippen LogP contribution >= 0.6 is 0 Å². The average molecular weight is 244 g/mol. The van der Waals surface area contributed by atoms with Crippen LogP contribution in [0.4, 0.5) is 0 Å². The minimum Gasteiger partial charge on any atom is -0.379 e. The van der Waals surface area contributed by atoms with Gasteiger partial charge < -0.3 is 26.8 Å². The first-order chi connectivity index (χ1) is 7.85. The first kappa shape index (κ1) is 13.4. The summed E-state index contributed by atoms with van der Waals surface area (Å²) in [6.07, 6.45) is 0.333. The molecule has 0 radical (unpaired) electrons. The Balaban J connectivity index is 2.77. The molecule has 1 saturated heterocycles. The summed E-state index contributed by atoms with van der Waals surface area (Å²) in [6, 6.07) is 0. The van der Waals surface area contributed by atoms with Gasteiger partial charge >= 0.3 is 0 Å². The Morgan fingerprint density at radius 1 is 1.18 bits per heavy atom. The van der Waals surface area contributed by atoms with E-state index in [2.05, 4.69) is 0 Å². The van der Waals surface area contributed by atoms with E-state index in [1.807, 2.05) is 0 Å². The first-order valence-corrected chi connectivity index (χ1v) is 5.08. The summed E-state index contributed by atoms with van der Waals surface area (Å²) in [5.74, 6) is -2.02. The highest BCUT2D eigenvalue weighted by Gasteiger charge is 2.41. The molecular formula is C9H16N4O4. The van der Waals surface area contributed by atoms with Crippen LogP contribution in [-0.2, 0) is 19.1 Å². The largest absolute Gasteiger partial charge is 0.379 e. The van der Waals surface area contributed by atoms with Crippen molar-refractivity contribution in [3.05, 3.63) is 0 Å². The van der Waals surface area contributed by atoms with Crippen LogP contribution in [0.5, 0.6) is 0 Å². The topological polar surface area (TPSA) is 142 Å². The maximum atomic E-state index is 12.0. The van der Waals surface area contributed by atoms with Gasteiger partial charge in [-0.1, -0.05) is 0 Å². The molecule has 0 aliphatic carbocycles. The van der Waals surface area contributed by atoms with Gasteiger partial charge in [-0.25, -0.2) is 0 Å². The van der Waals surface area contributed by atoms with Gasteiger partial charge in [0.25, 0.3) is 0 Å². The zero-order valence-electron chi connectivity index (χ0n) is 9.35. The van der Waals surface area contributed by atoms with E-state index in [-0.39, 0.29) is 19.7 Å². The van der Waals surface area contributed by atoms with Gasteiger partial charge in [0.15, 0.2) is 0 Å². The second-order valence-electron chi connectivity index (χ2n) is 4.05. The monoisotopic (exact) mass is 244 g/mol. The van der Waals surface area contributed by atoms with Crippen LogP contribution in [0, 0.1) is 0 Å². The lowest BCUT2D eigenvalue weighted by atomic mass is 9.98. The van der Waals surface area contributed by atoms with Crippen LogP contribution in [0.1, 0.15) is 6.42 Å². The van der Waals surface area contributed by atoms with Crippen LogP contribution in [0.15, 0.2) is 0 Å². The number of nitrogens with two attached hydrogens (primary N) is 3. The molecule has 1 unspecified atom stereocenters. The van der Waals surface area contributed by atoms with Gasteiger partial charge in [0.05, 0.1) is 19.7 Å². The second-order valence-corrected chi connectivity index (χ2v) is 4.05. The number of primary amides is 2. The molecule has 8 nitrogen and oxygen atoms in total. The van der Waals surface area contributed by atoms with E-state index in [1.165, 1.54) is 0 Å². The predicted molar refractivity (Wildman–Crippen MR) is 57.3 cm³/mol. The van der Waals surface area contributed by atoms with E-state index in [1.54, 1.807) is 0 Å². The van der Waals surface area contributed by atoms with Crippen LogP contribution in [0.3, 0.4) is 0 Å². The van der Waals surface area contributed by atoms with Gasteiger partial charge in [0.1, 0.15) is 5.54 Å². The fourth-order valence-corrected chi connectivity index (χ4v) is 1.64. The number of hydrogen-bond donors (Lipinski definition) is 3.